The van der Waals surface area contributed by atoms with Crippen molar-refractivity contribution in [3.63, 3.8) is 0 Å². The Bertz CT molecular complexity index is 1290. The Morgan fingerprint density at radius 3 is 2.61 bits per heavy atom. The standard InChI is InChI=1S/C23H19F3N4O2S/c1-30-20(13-32-19-10-9-15-5-2-3-6-16(15)11-19)28-29-22(30)33-14-21(31)27-18-8-4-7-17(12-18)23(24,25)26/h2-12H,13-14H2,1H3,(H,27,31). The number of anilines is 1. The minimum Gasteiger partial charge on any atom is -0.486 e. The molecule has 33 heavy (non-hydrogen) atoms. The Morgan fingerprint density at radius 1 is 1.03 bits per heavy atom. The zero-order valence-electron chi connectivity index (χ0n) is 17.5. The van der Waals surface area contributed by atoms with Crippen LogP contribution >= 0.6 is 11.8 Å². The molecule has 4 rings (SSSR count). The van der Waals surface area contributed by atoms with Gasteiger partial charge in [0, 0.05) is 12.7 Å². The molecule has 3 aromatic carbocycles. The first-order chi connectivity index (χ1) is 15.8. The molecule has 0 aliphatic heterocycles. The van der Waals surface area contributed by atoms with Gasteiger partial charge in [-0.3, -0.25) is 4.79 Å². The summed E-state index contributed by atoms with van der Waals surface area (Å²) < 4.78 is 46.0. The zero-order valence-corrected chi connectivity index (χ0v) is 18.3. The molecule has 10 heteroatoms. The van der Waals surface area contributed by atoms with Gasteiger partial charge in [0.15, 0.2) is 11.0 Å². The second-order valence-electron chi connectivity index (χ2n) is 7.17. The number of carbonyl (C=O) groups excluding carboxylic acids is 1. The van der Waals surface area contributed by atoms with Crippen LogP contribution in [0.4, 0.5) is 18.9 Å². The van der Waals surface area contributed by atoms with Crippen LogP contribution in [0.15, 0.2) is 71.9 Å². The second-order valence-corrected chi connectivity index (χ2v) is 8.11. The molecule has 0 aliphatic carbocycles. The lowest BCUT2D eigenvalue weighted by atomic mass is 10.1. The maximum atomic E-state index is 12.8. The van der Waals surface area contributed by atoms with E-state index in [0.717, 1.165) is 34.7 Å². The third kappa shape index (κ3) is 5.64. The van der Waals surface area contributed by atoms with E-state index < -0.39 is 17.6 Å². The van der Waals surface area contributed by atoms with Crippen molar-refractivity contribution < 1.29 is 22.7 Å². The van der Waals surface area contributed by atoms with Gasteiger partial charge in [-0.1, -0.05) is 48.2 Å². The lowest BCUT2D eigenvalue weighted by Gasteiger charge is -2.10. The molecular weight excluding hydrogens is 453 g/mol. The number of fused-ring (bicyclic) bond motifs is 1. The van der Waals surface area contributed by atoms with Crippen LogP contribution in [0.1, 0.15) is 11.4 Å². The number of halogens is 3. The molecule has 170 valence electrons. The van der Waals surface area contributed by atoms with Crippen molar-refractivity contribution in [3.8, 4) is 5.75 Å². The number of rotatable bonds is 7. The van der Waals surface area contributed by atoms with Crippen molar-refractivity contribution >= 4 is 34.1 Å². The van der Waals surface area contributed by atoms with Crippen molar-refractivity contribution in [3.05, 3.63) is 78.1 Å². The normalized spacial score (nSPS) is 11.5. The number of carbonyl (C=O) groups is 1. The number of amides is 1. The molecule has 0 atom stereocenters. The lowest BCUT2D eigenvalue weighted by molar-refractivity contribution is -0.137. The van der Waals surface area contributed by atoms with Crippen molar-refractivity contribution in [1.82, 2.24) is 14.8 Å². The Hall–Kier alpha value is -3.53. The molecule has 1 amide bonds. The number of nitrogens with one attached hydrogen (secondary N) is 1. The fourth-order valence-electron chi connectivity index (χ4n) is 3.10. The Morgan fingerprint density at radius 2 is 1.82 bits per heavy atom. The van der Waals surface area contributed by atoms with Crippen LogP contribution in [0.3, 0.4) is 0 Å². The maximum Gasteiger partial charge on any atom is 0.416 e. The van der Waals surface area contributed by atoms with E-state index in [-0.39, 0.29) is 18.0 Å². The molecule has 0 radical (unpaired) electrons. The van der Waals surface area contributed by atoms with Gasteiger partial charge in [0.25, 0.3) is 0 Å². The highest BCUT2D eigenvalue weighted by Crippen LogP contribution is 2.30. The monoisotopic (exact) mass is 472 g/mol. The van der Waals surface area contributed by atoms with E-state index in [1.165, 1.54) is 12.1 Å². The van der Waals surface area contributed by atoms with E-state index in [4.69, 9.17) is 4.74 Å². The van der Waals surface area contributed by atoms with Gasteiger partial charge in [0.2, 0.25) is 5.91 Å². The van der Waals surface area contributed by atoms with Gasteiger partial charge in [-0.15, -0.1) is 10.2 Å². The van der Waals surface area contributed by atoms with Crippen LogP contribution in [0.5, 0.6) is 5.75 Å². The Balaban J connectivity index is 1.32. The first-order valence-corrected chi connectivity index (χ1v) is 10.9. The number of thioether (sulfide) groups is 1. The van der Waals surface area contributed by atoms with Gasteiger partial charge in [0.1, 0.15) is 12.4 Å². The molecule has 1 heterocycles. The van der Waals surface area contributed by atoms with Gasteiger partial charge >= 0.3 is 6.18 Å². The lowest BCUT2D eigenvalue weighted by Crippen LogP contribution is -2.15. The average molecular weight is 472 g/mol. The summed E-state index contributed by atoms with van der Waals surface area (Å²) in [5.41, 5.74) is -0.741. The van der Waals surface area contributed by atoms with Gasteiger partial charge in [-0.05, 0) is 41.1 Å². The SMILES string of the molecule is Cn1c(COc2ccc3ccccc3c2)nnc1SCC(=O)Nc1cccc(C(F)(F)F)c1. The number of aromatic nitrogens is 3. The Labute approximate surface area is 191 Å². The first kappa shape index (κ1) is 22.7. The first-order valence-electron chi connectivity index (χ1n) is 9.89. The third-order valence-electron chi connectivity index (χ3n) is 4.82. The summed E-state index contributed by atoms with van der Waals surface area (Å²) >= 11 is 1.13. The topological polar surface area (TPSA) is 69.0 Å². The minimum absolute atomic E-state index is 0.0340. The average Bonchev–Trinajstić information content (AvgIpc) is 3.15. The fraction of sp³-hybridized carbons (Fsp3) is 0.174. The maximum absolute atomic E-state index is 12.8. The molecule has 0 saturated heterocycles. The number of alkyl halides is 3. The minimum atomic E-state index is -4.47. The number of hydrogen-bond donors (Lipinski definition) is 1. The highest BCUT2D eigenvalue weighted by molar-refractivity contribution is 7.99. The molecule has 1 aromatic heterocycles. The summed E-state index contributed by atoms with van der Waals surface area (Å²) in [6.07, 6.45) is -4.47. The molecule has 0 saturated carbocycles. The van der Waals surface area contributed by atoms with E-state index in [1.54, 1.807) is 11.6 Å². The van der Waals surface area contributed by atoms with Crippen LogP contribution in [-0.4, -0.2) is 26.4 Å². The van der Waals surface area contributed by atoms with Gasteiger partial charge in [-0.2, -0.15) is 13.2 Å². The van der Waals surface area contributed by atoms with Gasteiger partial charge < -0.3 is 14.6 Å². The molecule has 4 aromatic rings. The summed E-state index contributed by atoms with van der Waals surface area (Å²) in [7, 11) is 1.76. The molecule has 0 aliphatic rings. The van der Waals surface area contributed by atoms with Crippen LogP contribution in [0.2, 0.25) is 0 Å². The fourth-order valence-corrected chi connectivity index (χ4v) is 3.83. The van der Waals surface area contributed by atoms with E-state index >= 15 is 0 Å². The molecule has 0 unspecified atom stereocenters. The number of benzene rings is 3. The predicted octanol–water partition coefficient (Wildman–Crippen LogP) is 5.30. The van der Waals surface area contributed by atoms with Gasteiger partial charge in [0.05, 0.1) is 11.3 Å². The van der Waals surface area contributed by atoms with Crippen molar-refractivity contribution in [2.45, 2.75) is 17.9 Å². The van der Waals surface area contributed by atoms with Crippen molar-refractivity contribution in [2.24, 2.45) is 7.05 Å². The summed E-state index contributed by atoms with van der Waals surface area (Å²) in [5.74, 6) is 0.792. The predicted molar refractivity (Wildman–Crippen MR) is 120 cm³/mol. The van der Waals surface area contributed by atoms with E-state index in [9.17, 15) is 18.0 Å². The number of hydrogen-bond acceptors (Lipinski definition) is 5. The second kappa shape index (κ2) is 9.53. The molecule has 0 fully saturated rings. The zero-order chi connectivity index (χ0) is 23.4. The summed E-state index contributed by atoms with van der Waals surface area (Å²) in [6.45, 7) is 0.193. The van der Waals surface area contributed by atoms with E-state index in [1.807, 2.05) is 42.5 Å². The smallest absolute Gasteiger partial charge is 0.416 e. The number of ether oxygens (including phenoxy) is 1. The van der Waals surface area contributed by atoms with Gasteiger partial charge in [-0.25, -0.2) is 0 Å². The summed E-state index contributed by atoms with van der Waals surface area (Å²) in [6, 6.07) is 18.3. The van der Waals surface area contributed by atoms with Crippen LogP contribution in [-0.2, 0) is 24.6 Å². The Kier molecular flexibility index (Phi) is 6.55. The van der Waals surface area contributed by atoms with Crippen LogP contribution in [0.25, 0.3) is 10.8 Å². The summed E-state index contributed by atoms with van der Waals surface area (Å²) in [4.78, 5) is 12.2. The van der Waals surface area contributed by atoms with Crippen molar-refractivity contribution in [1.29, 1.82) is 0 Å². The van der Waals surface area contributed by atoms with Crippen LogP contribution < -0.4 is 10.1 Å². The third-order valence-corrected chi connectivity index (χ3v) is 5.84. The molecule has 6 nitrogen and oxygen atoms in total. The van der Waals surface area contributed by atoms with E-state index in [0.29, 0.717) is 16.7 Å². The highest BCUT2D eigenvalue weighted by atomic mass is 32.2. The van der Waals surface area contributed by atoms with Crippen molar-refractivity contribution in [2.75, 3.05) is 11.1 Å². The quantitative estimate of drug-likeness (QED) is 0.370. The molecular formula is C23H19F3N4O2S. The molecule has 1 N–H and O–H groups in total. The highest BCUT2D eigenvalue weighted by Gasteiger charge is 2.30. The van der Waals surface area contributed by atoms with E-state index in [2.05, 4.69) is 15.5 Å². The summed E-state index contributed by atoms with van der Waals surface area (Å²) in [5, 5.41) is 13.3. The largest absolute Gasteiger partial charge is 0.486 e. The molecule has 0 bridgehead atoms. The molecule has 0 spiro atoms. The number of nitrogens with zero attached hydrogens (tertiary/aromatic N) is 3. The van der Waals surface area contributed by atoms with Crippen LogP contribution in [0, 0.1) is 0 Å².